The maximum atomic E-state index is 13.8. The number of carbonyl (C=O) groups is 2. The van der Waals surface area contributed by atoms with Gasteiger partial charge < -0.3 is 14.7 Å². The minimum absolute atomic E-state index is 0. The van der Waals surface area contributed by atoms with Gasteiger partial charge in [-0.15, -0.1) is 12.4 Å². The summed E-state index contributed by atoms with van der Waals surface area (Å²) >= 11 is 0. The molecule has 214 valence electrons. The van der Waals surface area contributed by atoms with Gasteiger partial charge in [0, 0.05) is 37.2 Å². The molecule has 0 N–H and O–H groups in total. The lowest BCUT2D eigenvalue weighted by molar-refractivity contribution is -0.129. The number of para-hydroxylation sites is 1. The first-order chi connectivity index (χ1) is 19.1. The Hall–Kier alpha value is -2.63. The van der Waals surface area contributed by atoms with Gasteiger partial charge in [-0.1, -0.05) is 73.9 Å². The quantitative estimate of drug-likeness (QED) is 0.379. The fourth-order valence-electron chi connectivity index (χ4n) is 7.49. The monoisotopic (exact) mass is 561 g/mol. The van der Waals surface area contributed by atoms with Crippen LogP contribution in [0.4, 0.5) is 5.69 Å². The van der Waals surface area contributed by atoms with Gasteiger partial charge in [0.1, 0.15) is 0 Å². The molecule has 6 rings (SSSR count). The van der Waals surface area contributed by atoms with Gasteiger partial charge in [0.2, 0.25) is 11.8 Å². The fourth-order valence-corrected chi connectivity index (χ4v) is 7.49. The van der Waals surface area contributed by atoms with E-state index in [9.17, 15) is 9.59 Å². The van der Waals surface area contributed by atoms with Crippen molar-refractivity contribution in [1.82, 2.24) is 9.80 Å². The first-order valence-electron chi connectivity index (χ1n) is 15.3. The summed E-state index contributed by atoms with van der Waals surface area (Å²) in [5.41, 5.74) is 4.03. The summed E-state index contributed by atoms with van der Waals surface area (Å²) in [6.45, 7) is 5.29. The molecule has 2 amide bonds. The number of amides is 2. The average Bonchev–Trinajstić information content (AvgIpc) is 3.53. The lowest BCUT2D eigenvalue weighted by Crippen LogP contribution is -2.43. The SMILES string of the molecule is Cl.O=C1CC(C(=O)N(CCCN2CCC3(C=Cc4ccccc43)CC2)c2ccccc2)CN1CC1CCCCC1. The smallest absolute Gasteiger partial charge is 0.232 e. The maximum Gasteiger partial charge on any atom is 0.232 e. The van der Waals surface area contributed by atoms with E-state index in [2.05, 4.69) is 41.3 Å². The molecule has 1 unspecified atom stereocenters. The summed E-state index contributed by atoms with van der Waals surface area (Å²) in [6.07, 6.45) is 14.7. The van der Waals surface area contributed by atoms with Crippen LogP contribution in [0.15, 0.2) is 60.7 Å². The van der Waals surface area contributed by atoms with Gasteiger partial charge in [-0.2, -0.15) is 0 Å². The minimum Gasteiger partial charge on any atom is -0.342 e. The normalized spacial score (nSPS) is 22.4. The Morgan fingerprint density at radius 3 is 2.45 bits per heavy atom. The zero-order valence-corrected chi connectivity index (χ0v) is 24.5. The molecule has 2 aliphatic heterocycles. The molecule has 1 atom stereocenters. The third-order valence-electron chi connectivity index (χ3n) is 9.78. The highest BCUT2D eigenvalue weighted by Gasteiger charge is 2.39. The molecule has 2 aliphatic carbocycles. The molecule has 6 heteroatoms. The van der Waals surface area contributed by atoms with Crippen molar-refractivity contribution < 1.29 is 9.59 Å². The molecule has 2 aromatic carbocycles. The highest BCUT2D eigenvalue weighted by atomic mass is 35.5. The van der Waals surface area contributed by atoms with Crippen molar-refractivity contribution >= 4 is 36.0 Å². The summed E-state index contributed by atoms with van der Waals surface area (Å²) in [4.78, 5) is 33.2. The number of allylic oxidation sites excluding steroid dienone is 1. The lowest BCUT2D eigenvalue weighted by atomic mass is 9.74. The second-order valence-electron chi connectivity index (χ2n) is 12.3. The fraction of sp³-hybridized carbons (Fsp3) is 0.529. The van der Waals surface area contributed by atoms with E-state index in [1.54, 1.807) is 0 Å². The van der Waals surface area contributed by atoms with Crippen LogP contribution in [0, 0.1) is 11.8 Å². The molecule has 0 aromatic heterocycles. The van der Waals surface area contributed by atoms with Gasteiger partial charge in [-0.05, 0) is 80.9 Å². The number of benzene rings is 2. The Morgan fingerprint density at radius 1 is 0.950 bits per heavy atom. The Kier molecular flexibility index (Phi) is 9.32. The van der Waals surface area contributed by atoms with Crippen molar-refractivity contribution in [2.75, 3.05) is 44.2 Å². The van der Waals surface area contributed by atoms with Crippen molar-refractivity contribution in [3.05, 3.63) is 71.8 Å². The molecule has 0 bridgehead atoms. The Morgan fingerprint density at radius 2 is 1.68 bits per heavy atom. The van der Waals surface area contributed by atoms with Crippen molar-refractivity contribution in [2.24, 2.45) is 11.8 Å². The Bertz CT molecular complexity index is 1180. The molecule has 1 saturated carbocycles. The first-order valence-corrected chi connectivity index (χ1v) is 15.3. The van der Waals surface area contributed by atoms with Gasteiger partial charge in [-0.25, -0.2) is 0 Å². The molecule has 5 nitrogen and oxygen atoms in total. The van der Waals surface area contributed by atoms with Crippen LogP contribution in [0.1, 0.15) is 68.9 Å². The summed E-state index contributed by atoms with van der Waals surface area (Å²) in [7, 11) is 0. The minimum atomic E-state index is -0.231. The van der Waals surface area contributed by atoms with E-state index in [1.165, 1.54) is 43.2 Å². The molecule has 40 heavy (non-hydrogen) atoms. The highest BCUT2D eigenvalue weighted by molar-refractivity contribution is 5.99. The highest BCUT2D eigenvalue weighted by Crippen LogP contribution is 2.43. The predicted octanol–water partition coefficient (Wildman–Crippen LogP) is 6.32. The second-order valence-corrected chi connectivity index (χ2v) is 12.3. The average molecular weight is 562 g/mol. The standard InChI is InChI=1S/C34H43N3O2.ClH/c38-32-24-29(26-36(32)25-27-10-3-1-4-11-27)33(39)37(30-13-5-2-6-14-30)21-9-20-35-22-18-34(19-23-35)17-16-28-12-7-8-15-31(28)34;/h2,5-8,12-17,27,29H,1,3-4,9-11,18-26H2;1H. The number of piperidine rings is 1. The lowest BCUT2D eigenvalue weighted by Gasteiger charge is -2.39. The van der Waals surface area contributed by atoms with Crippen LogP contribution >= 0.6 is 12.4 Å². The third-order valence-corrected chi connectivity index (χ3v) is 9.78. The van der Waals surface area contributed by atoms with Crippen LogP contribution in [0.5, 0.6) is 0 Å². The molecule has 2 heterocycles. The van der Waals surface area contributed by atoms with Crippen LogP contribution in [0.2, 0.25) is 0 Å². The van der Waals surface area contributed by atoms with Gasteiger partial charge in [0.15, 0.2) is 0 Å². The van der Waals surface area contributed by atoms with E-state index in [0.717, 1.165) is 51.1 Å². The van der Waals surface area contributed by atoms with Crippen molar-refractivity contribution in [2.45, 2.75) is 63.2 Å². The number of hydrogen-bond donors (Lipinski definition) is 0. The Labute approximate surface area is 246 Å². The molecular formula is C34H44ClN3O2. The predicted molar refractivity (Wildman–Crippen MR) is 165 cm³/mol. The molecule has 4 aliphatic rings. The van der Waals surface area contributed by atoms with Gasteiger partial charge >= 0.3 is 0 Å². The molecule has 2 saturated heterocycles. The van der Waals surface area contributed by atoms with Gasteiger partial charge in [-0.3, -0.25) is 9.59 Å². The van der Waals surface area contributed by atoms with E-state index in [-0.39, 0.29) is 35.6 Å². The maximum absolute atomic E-state index is 13.8. The van der Waals surface area contributed by atoms with E-state index < -0.39 is 0 Å². The summed E-state index contributed by atoms with van der Waals surface area (Å²) in [5.74, 6) is 0.659. The number of hydrogen-bond acceptors (Lipinski definition) is 3. The van der Waals surface area contributed by atoms with Gasteiger partial charge in [0.25, 0.3) is 0 Å². The van der Waals surface area contributed by atoms with Crippen molar-refractivity contribution in [3.8, 4) is 0 Å². The topological polar surface area (TPSA) is 43.9 Å². The zero-order chi connectivity index (χ0) is 26.7. The number of rotatable bonds is 8. The largest absolute Gasteiger partial charge is 0.342 e. The van der Waals surface area contributed by atoms with Crippen LogP contribution in [-0.2, 0) is 15.0 Å². The number of nitrogens with zero attached hydrogens (tertiary/aromatic N) is 3. The number of fused-ring (bicyclic) bond motifs is 2. The van der Waals surface area contributed by atoms with E-state index in [1.807, 2.05) is 40.1 Å². The van der Waals surface area contributed by atoms with Crippen molar-refractivity contribution in [3.63, 3.8) is 0 Å². The van der Waals surface area contributed by atoms with Crippen LogP contribution in [0.3, 0.4) is 0 Å². The third kappa shape index (κ3) is 6.16. The van der Waals surface area contributed by atoms with Crippen molar-refractivity contribution in [1.29, 1.82) is 0 Å². The van der Waals surface area contributed by atoms with Crippen LogP contribution < -0.4 is 4.90 Å². The Balaban J connectivity index is 0.00000323. The number of halogens is 1. The zero-order valence-electron chi connectivity index (χ0n) is 23.7. The molecule has 3 fully saturated rings. The van der Waals surface area contributed by atoms with Crippen LogP contribution in [0.25, 0.3) is 6.08 Å². The second kappa shape index (κ2) is 12.9. The molecule has 2 aromatic rings. The molecular weight excluding hydrogens is 518 g/mol. The molecule has 1 spiro atoms. The first kappa shape index (κ1) is 28.9. The van der Waals surface area contributed by atoms with Gasteiger partial charge in [0.05, 0.1) is 5.92 Å². The summed E-state index contributed by atoms with van der Waals surface area (Å²) in [5, 5.41) is 0. The summed E-state index contributed by atoms with van der Waals surface area (Å²) < 4.78 is 0. The number of anilines is 1. The number of carbonyl (C=O) groups excluding carboxylic acids is 2. The number of likely N-dealkylation sites (tertiary alicyclic amines) is 2. The molecule has 0 radical (unpaired) electrons. The van der Waals surface area contributed by atoms with E-state index in [4.69, 9.17) is 0 Å². The summed E-state index contributed by atoms with van der Waals surface area (Å²) in [6, 6.07) is 18.9. The van der Waals surface area contributed by atoms with E-state index in [0.29, 0.717) is 25.4 Å². The van der Waals surface area contributed by atoms with Crippen LogP contribution in [-0.4, -0.2) is 60.9 Å². The van der Waals surface area contributed by atoms with E-state index >= 15 is 0 Å².